The van der Waals surface area contributed by atoms with Crippen LogP contribution in [0, 0.1) is 12.3 Å². The second-order valence-electron chi connectivity index (χ2n) is 8.42. The fourth-order valence-electron chi connectivity index (χ4n) is 3.61. The molecule has 2 aromatic rings. The van der Waals surface area contributed by atoms with Crippen molar-refractivity contribution >= 4 is 29.1 Å². The molecule has 0 unspecified atom stereocenters. The predicted molar refractivity (Wildman–Crippen MR) is 124 cm³/mol. The summed E-state index contributed by atoms with van der Waals surface area (Å²) < 4.78 is 0. The summed E-state index contributed by atoms with van der Waals surface area (Å²) in [5.74, 6) is -0.0756. The molecule has 0 radical (unpaired) electrons. The maximum atomic E-state index is 13.3. The Morgan fingerprint density at radius 2 is 1.69 bits per heavy atom. The van der Waals surface area contributed by atoms with Crippen LogP contribution in [0.1, 0.15) is 45.7 Å². The van der Waals surface area contributed by atoms with Crippen LogP contribution in [0.2, 0.25) is 0 Å². The molecule has 0 atom stereocenters. The quantitative estimate of drug-likeness (QED) is 0.617. The van der Waals surface area contributed by atoms with Crippen LogP contribution in [0.3, 0.4) is 0 Å². The molecule has 29 heavy (non-hydrogen) atoms. The molecule has 152 valence electrons. The van der Waals surface area contributed by atoms with Gasteiger partial charge in [0, 0.05) is 24.2 Å². The monoisotopic (exact) mass is 389 g/mol. The number of hydrazone groups is 1. The third kappa shape index (κ3) is 4.26. The van der Waals surface area contributed by atoms with Crippen LogP contribution in [0.25, 0.3) is 6.08 Å². The van der Waals surface area contributed by atoms with Gasteiger partial charge in [-0.2, -0.15) is 10.1 Å². The molecule has 3 rings (SSSR count). The topological polar surface area (TPSA) is 35.9 Å². The third-order valence-corrected chi connectivity index (χ3v) is 5.27. The smallest absolute Gasteiger partial charge is 0.280 e. The van der Waals surface area contributed by atoms with Crippen LogP contribution in [0.5, 0.6) is 0 Å². The van der Waals surface area contributed by atoms with Gasteiger partial charge in [-0.15, -0.1) is 0 Å². The van der Waals surface area contributed by atoms with Crippen molar-refractivity contribution in [3.05, 3.63) is 65.2 Å². The standard InChI is InChI=1S/C25H31N3O/c1-7-27(8-2)21-15-14-19(18(3)16-21)17-22-23(25(4,5)6)26-28(24(22)29)20-12-10-9-11-13-20/h9-17H,7-8H2,1-6H3. The summed E-state index contributed by atoms with van der Waals surface area (Å²) >= 11 is 0. The third-order valence-electron chi connectivity index (χ3n) is 5.27. The summed E-state index contributed by atoms with van der Waals surface area (Å²) in [6, 6.07) is 16.0. The van der Waals surface area contributed by atoms with Crippen LogP contribution >= 0.6 is 0 Å². The summed E-state index contributed by atoms with van der Waals surface area (Å²) in [6.45, 7) is 14.7. The van der Waals surface area contributed by atoms with E-state index in [0.717, 1.165) is 35.6 Å². The molecule has 1 amide bonds. The van der Waals surface area contributed by atoms with Crippen molar-refractivity contribution in [1.29, 1.82) is 0 Å². The highest BCUT2D eigenvalue weighted by Gasteiger charge is 2.37. The molecule has 0 aromatic heterocycles. The first-order chi connectivity index (χ1) is 13.8. The van der Waals surface area contributed by atoms with Gasteiger partial charge in [0.15, 0.2) is 0 Å². The lowest BCUT2D eigenvalue weighted by Crippen LogP contribution is -2.24. The summed E-state index contributed by atoms with van der Waals surface area (Å²) in [6.07, 6.45) is 2.00. The number of carbonyl (C=O) groups excluding carboxylic acids is 1. The van der Waals surface area contributed by atoms with Crippen LogP contribution in [0.15, 0.2) is 59.2 Å². The fraction of sp³-hybridized carbons (Fsp3) is 0.360. The summed E-state index contributed by atoms with van der Waals surface area (Å²) in [5, 5.41) is 6.23. The first kappa shape index (κ1) is 20.8. The van der Waals surface area contributed by atoms with E-state index in [4.69, 9.17) is 5.10 Å². The Balaban J connectivity index is 2.03. The van der Waals surface area contributed by atoms with E-state index in [9.17, 15) is 4.79 Å². The van der Waals surface area contributed by atoms with Crippen LogP contribution < -0.4 is 9.91 Å². The lowest BCUT2D eigenvalue weighted by Gasteiger charge is -2.22. The SMILES string of the molecule is CCN(CC)c1ccc(C=C2C(=O)N(c3ccccc3)N=C2C(C)(C)C)c(C)c1. The molecule has 1 aliphatic rings. The highest BCUT2D eigenvalue weighted by Crippen LogP contribution is 2.33. The zero-order valence-electron chi connectivity index (χ0n) is 18.4. The van der Waals surface area contributed by atoms with Crippen molar-refractivity contribution in [2.75, 3.05) is 23.0 Å². The molecule has 1 heterocycles. The van der Waals surface area contributed by atoms with Crippen molar-refractivity contribution < 1.29 is 4.79 Å². The summed E-state index contributed by atoms with van der Waals surface area (Å²) in [7, 11) is 0. The minimum atomic E-state index is -0.236. The highest BCUT2D eigenvalue weighted by atomic mass is 16.2. The van der Waals surface area contributed by atoms with E-state index < -0.39 is 0 Å². The molecule has 0 aliphatic carbocycles. The van der Waals surface area contributed by atoms with Crippen LogP contribution in [-0.2, 0) is 4.79 Å². The molecule has 0 saturated heterocycles. The van der Waals surface area contributed by atoms with E-state index in [2.05, 4.69) is 64.6 Å². The maximum Gasteiger partial charge on any atom is 0.280 e. The number of rotatable bonds is 5. The number of benzene rings is 2. The second-order valence-corrected chi connectivity index (χ2v) is 8.42. The molecule has 4 nitrogen and oxygen atoms in total. The van der Waals surface area contributed by atoms with Crippen molar-refractivity contribution in [3.63, 3.8) is 0 Å². The Labute approximate surface area is 174 Å². The van der Waals surface area contributed by atoms with E-state index >= 15 is 0 Å². The Bertz CT molecular complexity index is 948. The summed E-state index contributed by atoms with van der Waals surface area (Å²) in [4.78, 5) is 15.6. The van der Waals surface area contributed by atoms with E-state index in [1.807, 2.05) is 36.4 Å². The Morgan fingerprint density at radius 1 is 1.03 bits per heavy atom. The zero-order chi connectivity index (χ0) is 21.2. The molecule has 0 saturated carbocycles. The van der Waals surface area contributed by atoms with E-state index in [0.29, 0.717) is 5.57 Å². The molecule has 4 heteroatoms. The second kappa shape index (κ2) is 8.24. The number of nitrogens with zero attached hydrogens (tertiary/aromatic N) is 3. The number of carbonyl (C=O) groups is 1. The lowest BCUT2D eigenvalue weighted by atomic mass is 9.84. The van der Waals surface area contributed by atoms with Gasteiger partial charge in [-0.3, -0.25) is 4.79 Å². The predicted octanol–water partition coefficient (Wildman–Crippen LogP) is 5.67. The number of hydrogen-bond donors (Lipinski definition) is 0. The van der Waals surface area contributed by atoms with Gasteiger partial charge in [0.2, 0.25) is 0 Å². The number of aryl methyl sites for hydroxylation is 1. The Hall–Kier alpha value is -2.88. The molecular formula is C25H31N3O. The van der Waals surface area contributed by atoms with Crippen molar-refractivity contribution in [2.24, 2.45) is 10.5 Å². The number of para-hydroxylation sites is 1. The zero-order valence-corrected chi connectivity index (χ0v) is 18.4. The largest absolute Gasteiger partial charge is 0.372 e. The molecule has 0 N–H and O–H groups in total. The van der Waals surface area contributed by atoms with Gasteiger partial charge in [0.1, 0.15) is 0 Å². The van der Waals surface area contributed by atoms with E-state index in [-0.39, 0.29) is 11.3 Å². The van der Waals surface area contributed by atoms with Crippen molar-refractivity contribution in [3.8, 4) is 0 Å². The van der Waals surface area contributed by atoms with Gasteiger partial charge in [-0.05, 0) is 62.2 Å². The molecule has 2 aromatic carbocycles. The van der Waals surface area contributed by atoms with E-state index in [1.54, 1.807) is 0 Å². The first-order valence-corrected chi connectivity index (χ1v) is 10.3. The van der Waals surface area contributed by atoms with Gasteiger partial charge in [-0.1, -0.05) is 45.0 Å². The Morgan fingerprint density at radius 3 is 2.24 bits per heavy atom. The van der Waals surface area contributed by atoms with Crippen LogP contribution in [-0.4, -0.2) is 24.7 Å². The fourth-order valence-corrected chi connectivity index (χ4v) is 3.61. The van der Waals surface area contributed by atoms with Gasteiger partial charge >= 0.3 is 0 Å². The first-order valence-electron chi connectivity index (χ1n) is 10.3. The number of anilines is 2. The molecule has 0 bridgehead atoms. The summed E-state index contributed by atoms with van der Waals surface area (Å²) in [5.41, 5.74) is 5.45. The maximum absolute atomic E-state index is 13.3. The number of amides is 1. The van der Waals surface area contributed by atoms with Gasteiger partial charge in [0.05, 0.1) is 17.0 Å². The van der Waals surface area contributed by atoms with Crippen LogP contribution in [0.4, 0.5) is 11.4 Å². The van der Waals surface area contributed by atoms with Crippen molar-refractivity contribution in [1.82, 2.24) is 0 Å². The Kier molecular flexibility index (Phi) is 5.92. The average Bonchev–Trinajstić information content (AvgIpc) is 3.02. The van der Waals surface area contributed by atoms with Gasteiger partial charge in [-0.25, -0.2) is 0 Å². The van der Waals surface area contributed by atoms with E-state index in [1.165, 1.54) is 10.7 Å². The van der Waals surface area contributed by atoms with Gasteiger partial charge < -0.3 is 4.90 Å². The normalized spacial score (nSPS) is 15.8. The number of hydrogen-bond acceptors (Lipinski definition) is 3. The van der Waals surface area contributed by atoms with Crippen molar-refractivity contribution in [2.45, 2.75) is 41.5 Å². The molecule has 1 aliphatic heterocycles. The molecule has 0 fully saturated rings. The minimum absolute atomic E-state index is 0.0756. The average molecular weight is 390 g/mol. The highest BCUT2D eigenvalue weighted by molar-refractivity contribution is 6.34. The molecule has 0 spiro atoms. The minimum Gasteiger partial charge on any atom is -0.372 e. The lowest BCUT2D eigenvalue weighted by molar-refractivity contribution is -0.114. The van der Waals surface area contributed by atoms with Gasteiger partial charge in [0.25, 0.3) is 5.91 Å². The molecular weight excluding hydrogens is 358 g/mol.